The maximum atomic E-state index is 11.1. The number of nitrogens with zero attached hydrogens (tertiary/aromatic N) is 2. The van der Waals surface area contributed by atoms with Gasteiger partial charge in [0.15, 0.2) is 11.3 Å². The molecule has 0 saturated heterocycles. The van der Waals surface area contributed by atoms with Gasteiger partial charge in [0.2, 0.25) is 0 Å². The molecular formula is C8H6N2O3. The number of carbonyl (C=O) groups excluding carboxylic acids is 1. The minimum absolute atomic E-state index is 0.180. The molecule has 5 heteroatoms. The van der Waals surface area contributed by atoms with Gasteiger partial charge in [-0.25, -0.2) is 4.79 Å². The number of fused-ring (bicyclic) bond motifs is 1. The van der Waals surface area contributed by atoms with Crippen LogP contribution in [0.5, 0.6) is 0 Å². The molecule has 0 N–H and O–H groups in total. The average Bonchev–Trinajstić information content (AvgIpc) is 2.60. The van der Waals surface area contributed by atoms with Crippen LogP contribution in [0.3, 0.4) is 0 Å². The molecule has 66 valence electrons. The van der Waals surface area contributed by atoms with Gasteiger partial charge in [0, 0.05) is 6.20 Å². The minimum atomic E-state index is -0.509. The zero-order valence-corrected chi connectivity index (χ0v) is 6.85. The van der Waals surface area contributed by atoms with E-state index >= 15 is 0 Å². The van der Waals surface area contributed by atoms with Crippen LogP contribution in [0.4, 0.5) is 0 Å². The van der Waals surface area contributed by atoms with Crippen molar-refractivity contribution in [1.82, 2.24) is 10.1 Å². The van der Waals surface area contributed by atoms with Crippen molar-refractivity contribution in [3.63, 3.8) is 0 Å². The minimum Gasteiger partial charge on any atom is -0.464 e. The standard InChI is InChI=1S/C8H6N2O3/c1-12-8(11)7-5-2-3-9-4-6(5)13-10-7/h2-4H,1H3. The highest BCUT2D eigenvalue weighted by atomic mass is 16.5. The van der Waals surface area contributed by atoms with Crippen molar-refractivity contribution in [2.24, 2.45) is 0 Å². The summed E-state index contributed by atoms with van der Waals surface area (Å²) in [6, 6.07) is 1.65. The molecule has 0 aliphatic heterocycles. The Bertz CT molecular complexity index is 449. The Morgan fingerprint density at radius 2 is 2.46 bits per heavy atom. The smallest absolute Gasteiger partial charge is 0.360 e. The van der Waals surface area contributed by atoms with Crippen molar-refractivity contribution >= 4 is 16.9 Å². The molecule has 2 aromatic rings. The molecule has 0 aliphatic rings. The predicted molar refractivity (Wildman–Crippen MR) is 43.1 cm³/mol. The van der Waals surface area contributed by atoms with Gasteiger partial charge in [-0.2, -0.15) is 0 Å². The summed E-state index contributed by atoms with van der Waals surface area (Å²) in [7, 11) is 1.30. The Labute approximate surface area is 73.3 Å². The summed E-state index contributed by atoms with van der Waals surface area (Å²) < 4.78 is 9.38. The highest BCUT2D eigenvalue weighted by Gasteiger charge is 2.15. The fourth-order valence-electron chi connectivity index (χ4n) is 1.04. The lowest BCUT2D eigenvalue weighted by Gasteiger charge is -1.91. The van der Waals surface area contributed by atoms with E-state index in [-0.39, 0.29) is 5.69 Å². The van der Waals surface area contributed by atoms with E-state index in [9.17, 15) is 4.79 Å². The second kappa shape index (κ2) is 2.85. The van der Waals surface area contributed by atoms with Gasteiger partial charge in [0.05, 0.1) is 18.7 Å². The molecule has 0 aromatic carbocycles. The van der Waals surface area contributed by atoms with Crippen LogP contribution in [0.1, 0.15) is 10.5 Å². The maximum absolute atomic E-state index is 11.1. The number of methoxy groups -OCH3 is 1. The van der Waals surface area contributed by atoms with Crippen LogP contribution in [-0.4, -0.2) is 23.2 Å². The molecule has 0 atom stereocenters. The van der Waals surface area contributed by atoms with Crippen molar-refractivity contribution < 1.29 is 14.1 Å². The van der Waals surface area contributed by atoms with Crippen molar-refractivity contribution in [3.8, 4) is 0 Å². The van der Waals surface area contributed by atoms with Crippen LogP contribution in [0, 0.1) is 0 Å². The van der Waals surface area contributed by atoms with Gasteiger partial charge < -0.3 is 9.26 Å². The highest BCUT2D eigenvalue weighted by molar-refractivity contribution is 6.00. The van der Waals surface area contributed by atoms with Crippen LogP contribution in [0.2, 0.25) is 0 Å². The van der Waals surface area contributed by atoms with E-state index in [1.165, 1.54) is 13.3 Å². The first-order valence-electron chi connectivity index (χ1n) is 3.60. The Hall–Kier alpha value is -1.91. The molecule has 2 heterocycles. The first-order valence-corrected chi connectivity index (χ1v) is 3.60. The van der Waals surface area contributed by atoms with E-state index in [2.05, 4.69) is 14.9 Å². The molecule has 0 unspecified atom stereocenters. The third kappa shape index (κ3) is 1.14. The van der Waals surface area contributed by atoms with Gasteiger partial charge in [-0.15, -0.1) is 0 Å². The molecular weight excluding hydrogens is 172 g/mol. The fourth-order valence-corrected chi connectivity index (χ4v) is 1.04. The van der Waals surface area contributed by atoms with Crippen LogP contribution in [0.15, 0.2) is 23.0 Å². The topological polar surface area (TPSA) is 65.2 Å². The number of hydrogen-bond donors (Lipinski definition) is 0. The molecule has 2 aromatic heterocycles. The largest absolute Gasteiger partial charge is 0.464 e. The summed E-state index contributed by atoms with van der Waals surface area (Å²) in [6.45, 7) is 0. The second-order valence-corrected chi connectivity index (χ2v) is 2.39. The van der Waals surface area contributed by atoms with Gasteiger partial charge in [-0.3, -0.25) is 4.98 Å². The molecule has 5 nitrogen and oxygen atoms in total. The van der Waals surface area contributed by atoms with Crippen LogP contribution < -0.4 is 0 Å². The van der Waals surface area contributed by atoms with E-state index in [0.29, 0.717) is 11.0 Å². The maximum Gasteiger partial charge on any atom is 0.360 e. The zero-order valence-electron chi connectivity index (χ0n) is 6.85. The average molecular weight is 178 g/mol. The van der Waals surface area contributed by atoms with Crippen LogP contribution in [0.25, 0.3) is 11.0 Å². The van der Waals surface area contributed by atoms with E-state index in [0.717, 1.165) is 0 Å². The number of hydrogen-bond acceptors (Lipinski definition) is 5. The van der Waals surface area contributed by atoms with E-state index in [4.69, 9.17) is 4.52 Å². The van der Waals surface area contributed by atoms with Gasteiger partial charge >= 0.3 is 5.97 Å². The van der Waals surface area contributed by atoms with Crippen LogP contribution >= 0.6 is 0 Å². The molecule has 0 spiro atoms. The number of ether oxygens (including phenoxy) is 1. The summed E-state index contributed by atoms with van der Waals surface area (Å²) in [5.74, 6) is -0.509. The quantitative estimate of drug-likeness (QED) is 0.609. The van der Waals surface area contributed by atoms with Crippen molar-refractivity contribution in [1.29, 1.82) is 0 Å². The Morgan fingerprint density at radius 3 is 3.23 bits per heavy atom. The van der Waals surface area contributed by atoms with Gasteiger partial charge in [0.25, 0.3) is 0 Å². The van der Waals surface area contributed by atoms with E-state index < -0.39 is 5.97 Å². The molecule has 0 radical (unpaired) electrons. The zero-order chi connectivity index (χ0) is 9.26. The molecule has 0 aliphatic carbocycles. The Morgan fingerprint density at radius 1 is 1.62 bits per heavy atom. The van der Waals surface area contributed by atoms with Crippen molar-refractivity contribution in [2.75, 3.05) is 7.11 Å². The third-order valence-corrected chi connectivity index (χ3v) is 1.65. The summed E-state index contributed by atoms with van der Waals surface area (Å²) in [6.07, 6.45) is 3.06. The number of pyridine rings is 1. The second-order valence-electron chi connectivity index (χ2n) is 2.39. The highest BCUT2D eigenvalue weighted by Crippen LogP contribution is 2.16. The summed E-state index contributed by atoms with van der Waals surface area (Å²) in [4.78, 5) is 14.9. The van der Waals surface area contributed by atoms with Crippen molar-refractivity contribution in [2.45, 2.75) is 0 Å². The molecule has 0 amide bonds. The van der Waals surface area contributed by atoms with E-state index in [1.807, 2.05) is 0 Å². The molecule has 0 saturated carbocycles. The van der Waals surface area contributed by atoms with Gasteiger partial charge in [-0.1, -0.05) is 5.16 Å². The van der Waals surface area contributed by atoms with Crippen LogP contribution in [-0.2, 0) is 4.74 Å². The normalized spacial score (nSPS) is 10.2. The number of esters is 1. The lowest BCUT2D eigenvalue weighted by molar-refractivity contribution is 0.0591. The third-order valence-electron chi connectivity index (χ3n) is 1.65. The monoisotopic (exact) mass is 178 g/mol. The fraction of sp³-hybridized carbons (Fsp3) is 0.125. The Balaban J connectivity index is 2.64. The summed E-state index contributed by atoms with van der Waals surface area (Å²) in [5, 5.41) is 4.19. The van der Waals surface area contributed by atoms with Gasteiger partial charge in [-0.05, 0) is 6.07 Å². The SMILES string of the molecule is COC(=O)c1noc2cnccc12. The van der Waals surface area contributed by atoms with Gasteiger partial charge in [0.1, 0.15) is 0 Å². The molecule has 2 rings (SSSR count). The Kier molecular flexibility index (Phi) is 1.70. The van der Waals surface area contributed by atoms with Crippen molar-refractivity contribution in [3.05, 3.63) is 24.2 Å². The number of aromatic nitrogens is 2. The van der Waals surface area contributed by atoms with E-state index in [1.54, 1.807) is 12.3 Å². The lowest BCUT2D eigenvalue weighted by Crippen LogP contribution is -2.01. The predicted octanol–water partition coefficient (Wildman–Crippen LogP) is 1.01. The first-order chi connectivity index (χ1) is 6.33. The number of rotatable bonds is 1. The molecule has 0 bridgehead atoms. The molecule has 0 fully saturated rings. The lowest BCUT2D eigenvalue weighted by atomic mass is 10.2. The molecule has 13 heavy (non-hydrogen) atoms. The number of carbonyl (C=O) groups is 1. The summed E-state index contributed by atoms with van der Waals surface area (Å²) >= 11 is 0. The summed E-state index contributed by atoms with van der Waals surface area (Å²) in [5.41, 5.74) is 0.655. The first kappa shape index (κ1) is 7.72.